The number of hydrogen-bond acceptors (Lipinski definition) is 1. The van der Waals surface area contributed by atoms with Crippen LogP contribution in [-0.4, -0.2) is 12.8 Å². The molecule has 0 N–H and O–H groups in total. The first kappa shape index (κ1) is 9.54. The van der Waals surface area contributed by atoms with Crippen molar-refractivity contribution in [2.45, 2.75) is 13.8 Å². The molecule has 0 heterocycles. The number of hydrogen-bond donors (Lipinski definition) is 0. The van der Waals surface area contributed by atoms with Crippen LogP contribution in [0.3, 0.4) is 0 Å². The summed E-state index contributed by atoms with van der Waals surface area (Å²) in [6.07, 6.45) is 1.87. The van der Waals surface area contributed by atoms with Gasteiger partial charge in [-0.3, -0.25) is 4.99 Å². The van der Waals surface area contributed by atoms with Crippen molar-refractivity contribution < 1.29 is 0 Å². The van der Waals surface area contributed by atoms with E-state index >= 15 is 0 Å². The quantitative estimate of drug-likeness (QED) is 0.478. The van der Waals surface area contributed by atoms with Crippen molar-refractivity contribution >= 4 is 6.21 Å². The van der Waals surface area contributed by atoms with Crippen LogP contribution in [0.1, 0.15) is 18.1 Å². The maximum Gasteiger partial charge on any atom is 0.0997 e. The minimum absolute atomic E-state index is 0.588. The largest absolute Gasteiger partial charge is 0.280 e. The van der Waals surface area contributed by atoms with E-state index in [9.17, 15) is 0 Å². The van der Waals surface area contributed by atoms with Crippen molar-refractivity contribution in [3.8, 4) is 11.8 Å². The molecule has 0 atom stereocenters. The molecule has 0 unspecified atom stereocenters. The Bertz CT molecular complexity index is 353. The molecule has 0 spiro atoms. The summed E-state index contributed by atoms with van der Waals surface area (Å²) in [6, 6.07) is 8.17. The van der Waals surface area contributed by atoms with Crippen LogP contribution in [0.4, 0.5) is 0 Å². The van der Waals surface area contributed by atoms with Gasteiger partial charge in [0.2, 0.25) is 0 Å². The minimum atomic E-state index is 0.588. The van der Waals surface area contributed by atoms with Gasteiger partial charge in [-0.1, -0.05) is 30.2 Å². The molecule has 0 saturated heterocycles. The van der Waals surface area contributed by atoms with Crippen molar-refractivity contribution in [1.82, 2.24) is 0 Å². The average molecular weight is 171 g/mol. The van der Waals surface area contributed by atoms with Crippen molar-refractivity contribution in [3.63, 3.8) is 0 Å². The third-order valence-electron chi connectivity index (χ3n) is 1.77. The van der Waals surface area contributed by atoms with E-state index in [1.807, 2.05) is 25.3 Å². The van der Waals surface area contributed by atoms with Crippen LogP contribution in [0.15, 0.2) is 29.3 Å². The van der Waals surface area contributed by atoms with Crippen molar-refractivity contribution in [3.05, 3.63) is 35.4 Å². The molecule has 0 aliphatic heterocycles. The standard InChI is InChI=1S/C12H13N/c1-3-4-9-13-10-12-8-6-5-7-11(12)2/h5-8,10H,9H2,1-2H3. The molecule has 0 aliphatic rings. The summed E-state index contributed by atoms with van der Waals surface area (Å²) < 4.78 is 0. The summed E-state index contributed by atoms with van der Waals surface area (Å²) in [5, 5.41) is 0. The Kier molecular flexibility index (Phi) is 3.78. The lowest BCUT2D eigenvalue weighted by Gasteiger charge is -1.96. The number of benzene rings is 1. The maximum absolute atomic E-state index is 4.19. The van der Waals surface area contributed by atoms with Gasteiger partial charge in [0.1, 0.15) is 0 Å². The zero-order valence-electron chi connectivity index (χ0n) is 8.04. The first-order valence-corrected chi connectivity index (χ1v) is 4.29. The average Bonchev–Trinajstić information content (AvgIpc) is 2.15. The molecule has 0 amide bonds. The SMILES string of the molecule is CC#CCN=Cc1ccccc1C. The Balaban J connectivity index is 2.67. The monoisotopic (exact) mass is 171 g/mol. The summed E-state index contributed by atoms with van der Waals surface area (Å²) in [5.41, 5.74) is 2.41. The third kappa shape index (κ3) is 3.13. The molecule has 1 aromatic carbocycles. The van der Waals surface area contributed by atoms with Gasteiger partial charge < -0.3 is 0 Å². The number of aliphatic imine (C=N–C) groups is 1. The Morgan fingerprint density at radius 3 is 2.85 bits per heavy atom. The van der Waals surface area contributed by atoms with Crippen LogP contribution in [0.2, 0.25) is 0 Å². The smallest absolute Gasteiger partial charge is 0.0997 e. The van der Waals surface area contributed by atoms with Gasteiger partial charge >= 0.3 is 0 Å². The van der Waals surface area contributed by atoms with E-state index in [4.69, 9.17) is 0 Å². The molecular weight excluding hydrogens is 158 g/mol. The van der Waals surface area contributed by atoms with Crippen LogP contribution < -0.4 is 0 Å². The van der Waals surface area contributed by atoms with Crippen molar-refractivity contribution in [2.75, 3.05) is 6.54 Å². The fourth-order valence-electron chi connectivity index (χ4n) is 1.00. The van der Waals surface area contributed by atoms with Gasteiger partial charge in [0.25, 0.3) is 0 Å². The molecule has 0 radical (unpaired) electrons. The lowest BCUT2D eigenvalue weighted by molar-refractivity contribution is 1.29. The lowest BCUT2D eigenvalue weighted by atomic mass is 10.1. The fourth-order valence-corrected chi connectivity index (χ4v) is 1.00. The molecule has 66 valence electrons. The van der Waals surface area contributed by atoms with E-state index in [1.165, 1.54) is 11.1 Å². The van der Waals surface area contributed by atoms with E-state index in [0.29, 0.717) is 6.54 Å². The number of aryl methyl sites for hydroxylation is 1. The zero-order chi connectivity index (χ0) is 9.52. The highest BCUT2D eigenvalue weighted by Crippen LogP contribution is 2.03. The van der Waals surface area contributed by atoms with Gasteiger partial charge in [-0.25, -0.2) is 0 Å². The van der Waals surface area contributed by atoms with E-state index in [-0.39, 0.29) is 0 Å². The first-order chi connectivity index (χ1) is 6.34. The lowest BCUT2D eigenvalue weighted by Crippen LogP contribution is -1.86. The summed E-state index contributed by atoms with van der Waals surface area (Å²) >= 11 is 0. The van der Waals surface area contributed by atoms with Crippen LogP contribution in [0.25, 0.3) is 0 Å². The second kappa shape index (κ2) is 5.16. The van der Waals surface area contributed by atoms with Crippen molar-refractivity contribution in [2.24, 2.45) is 4.99 Å². The highest BCUT2D eigenvalue weighted by molar-refractivity contribution is 5.81. The predicted molar refractivity (Wildman–Crippen MR) is 57.1 cm³/mol. The highest BCUT2D eigenvalue weighted by Gasteiger charge is 1.89. The van der Waals surface area contributed by atoms with Crippen LogP contribution in [0.5, 0.6) is 0 Å². The molecule has 0 bridgehead atoms. The van der Waals surface area contributed by atoms with Gasteiger partial charge in [-0.05, 0) is 25.0 Å². The normalized spacial score (nSPS) is 9.69. The Labute approximate surface area is 79.5 Å². The second-order valence-electron chi connectivity index (χ2n) is 2.75. The summed E-state index contributed by atoms with van der Waals surface area (Å²) in [4.78, 5) is 4.19. The van der Waals surface area contributed by atoms with Gasteiger partial charge in [-0.2, -0.15) is 0 Å². The predicted octanol–water partition coefficient (Wildman–Crippen LogP) is 2.44. The summed E-state index contributed by atoms with van der Waals surface area (Å²) in [5.74, 6) is 5.69. The molecule has 0 fully saturated rings. The second-order valence-corrected chi connectivity index (χ2v) is 2.75. The first-order valence-electron chi connectivity index (χ1n) is 4.29. The van der Waals surface area contributed by atoms with E-state index in [2.05, 4.69) is 35.9 Å². The molecule has 13 heavy (non-hydrogen) atoms. The number of rotatable bonds is 2. The third-order valence-corrected chi connectivity index (χ3v) is 1.77. The fraction of sp³-hybridized carbons (Fsp3) is 0.250. The molecule has 0 aliphatic carbocycles. The van der Waals surface area contributed by atoms with Gasteiger partial charge in [0.05, 0.1) is 6.54 Å². The highest BCUT2D eigenvalue weighted by atomic mass is 14.7. The van der Waals surface area contributed by atoms with E-state index < -0.39 is 0 Å². The van der Waals surface area contributed by atoms with Crippen LogP contribution in [-0.2, 0) is 0 Å². The van der Waals surface area contributed by atoms with E-state index in [1.54, 1.807) is 0 Å². The minimum Gasteiger partial charge on any atom is -0.280 e. The van der Waals surface area contributed by atoms with Crippen molar-refractivity contribution in [1.29, 1.82) is 0 Å². The Hall–Kier alpha value is -1.55. The molecule has 1 rings (SSSR count). The Morgan fingerprint density at radius 2 is 2.15 bits per heavy atom. The van der Waals surface area contributed by atoms with Gasteiger partial charge in [0, 0.05) is 6.21 Å². The van der Waals surface area contributed by atoms with Crippen LogP contribution in [0, 0.1) is 18.8 Å². The van der Waals surface area contributed by atoms with Crippen LogP contribution >= 0.6 is 0 Å². The topological polar surface area (TPSA) is 12.4 Å². The molecule has 0 saturated carbocycles. The number of nitrogens with zero attached hydrogens (tertiary/aromatic N) is 1. The Morgan fingerprint density at radius 1 is 1.38 bits per heavy atom. The molecule has 0 aromatic heterocycles. The van der Waals surface area contributed by atoms with Gasteiger partial charge in [0.15, 0.2) is 0 Å². The summed E-state index contributed by atoms with van der Waals surface area (Å²) in [7, 11) is 0. The molecule has 1 heteroatoms. The molecular formula is C12H13N. The zero-order valence-corrected chi connectivity index (χ0v) is 8.04. The summed E-state index contributed by atoms with van der Waals surface area (Å²) in [6.45, 7) is 4.49. The van der Waals surface area contributed by atoms with Gasteiger partial charge in [-0.15, -0.1) is 5.92 Å². The molecule has 1 nitrogen and oxygen atoms in total. The molecule has 1 aromatic rings. The van der Waals surface area contributed by atoms with E-state index in [0.717, 1.165) is 0 Å². The maximum atomic E-state index is 4.19.